The zero-order chi connectivity index (χ0) is 15.1. The third-order valence-corrected chi connectivity index (χ3v) is 4.27. The van der Waals surface area contributed by atoms with Gasteiger partial charge in [-0.2, -0.15) is 0 Å². The number of anilines is 1. The molecule has 0 aliphatic carbocycles. The molecule has 0 bridgehead atoms. The molecule has 1 aliphatic heterocycles. The van der Waals surface area contributed by atoms with Crippen LogP contribution in [0.4, 0.5) is 5.69 Å². The highest BCUT2D eigenvalue weighted by atomic mass is 35.5. The van der Waals surface area contributed by atoms with E-state index in [1.807, 2.05) is 12.1 Å². The second-order valence-electron chi connectivity index (χ2n) is 5.55. The molecule has 0 amide bonds. The van der Waals surface area contributed by atoms with E-state index in [9.17, 15) is 5.11 Å². The van der Waals surface area contributed by atoms with Crippen LogP contribution in [0.15, 0.2) is 18.2 Å². The fraction of sp³-hybridized carbons (Fsp3) is 0.625. The summed E-state index contributed by atoms with van der Waals surface area (Å²) in [6.07, 6.45) is 2.20. The molecule has 1 saturated heterocycles. The second kappa shape index (κ2) is 8.59. The van der Waals surface area contributed by atoms with Gasteiger partial charge in [-0.1, -0.05) is 23.7 Å². The van der Waals surface area contributed by atoms with E-state index in [0.29, 0.717) is 12.5 Å². The number of rotatable bonds is 7. The molecule has 1 fully saturated rings. The van der Waals surface area contributed by atoms with Crippen LogP contribution in [0.5, 0.6) is 0 Å². The maximum atomic E-state index is 9.41. The van der Waals surface area contributed by atoms with Gasteiger partial charge >= 0.3 is 0 Å². The standard InChI is InChI=1S/C16H25ClN2O2/c1-21-9-7-18-10-14-5-2-6-15(17)16(14)19-8-3-4-13(11-19)12-20/h2,5-6,13,18,20H,3-4,7-12H2,1H3. The first-order valence-electron chi connectivity index (χ1n) is 7.59. The number of hydrogen-bond acceptors (Lipinski definition) is 4. The van der Waals surface area contributed by atoms with E-state index < -0.39 is 0 Å². The fourth-order valence-electron chi connectivity index (χ4n) is 2.87. The minimum absolute atomic E-state index is 0.252. The highest BCUT2D eigenvalue weighted by Gasteiger charge is 2.22. The SMILES string of the molecule is COCCNCc1cccc(Cl)c1N1CCCC(CO)C1. The average molecular weight is 313 g/mol. The van der Waals surface area contributed by atoms with E-state index >= 15 is 0 Å². The normalized spacial score (nSPS) is 19.0. The molecular formula is C16H25ClN2O2. The number of nitrogens with zero attached hydrogens (tertiary/aromatic N) is 1. The summed E-state index contributed by atoms with van der Waals surface area (Å²) in [5, 5.41) is 13.6. The van der Waals surface area contributed by atoms with Crippen LogP contribution in [0.25, 0.3) is 0 Å². The van der Waals surface area contributed by atoms with Crippen molar-refractivity contribution in [1.82, 2.24) is 5.32 Å². The Labute approximate surface area is 132 Å². The lowest BCUT2D eigenvalue weighted by atomic mass is 9.97. The lowest BCUT2D eigenvalue weighted by Gasteiger charge is -2.35. The van der Waals surface area contributed by atoms with E-state index in [0.717, 1.165) is 49.7 Å². The number of benzene rings is 1. The van der Waals surface area contributed by atoms with Crippen LogP contribution in [0.3, 0.4) is 0 Å². The molecule has 1 atom stereocenters. The maximum Gasteiger partial charge on any atom is 0.0642 e. The van der Waals surface area contributed by atoms with E-state index in [1.165, 1.54) is 5.56 Å². The number of methoxy groups -OCH3 is 1. The van der Waals surface area contributed by atoms with Crippen LogP contribution >= 0.6 is 11.6 Å². The molecule has 0 spiro atoms. The van der Waals surface area contributed by atoms with Crippen molar-refractivity contribution in [3.63, 3.8) is 0 Å². The van der Waals surface area contributed by atoms with Gasteiger partial charge in [0.15, 0.2) is 0 Å². The molecule has 1 aliphatic rings. The Hall–Kier alpha value is -0.810. The first-order valence-corrected chi connectivity index (χ1v) is 7.97. The Kier molecular flexibility index (Phi) is 6.77. The summed E-state index contributed by atoms with van der Waals surface area (Å²) >= 11 is 6.44. The Bertz CT molecular complexity index is 442. The van der Waals surface area contributed by atoms with Crippen molar-refractivity contribution in [2.75, 3.05) is 44.9 Å². The highest BCUT2D eigenvalue weighted by molar-refractivity contribution is 6.33. The Morgan fingerprint density at radius 1 is 1.48 bits per heavy atom. The summed E-state index contributed by atoms with van der Waals surface area (Å²) in [6, 6.07) is 6.05. The summed E-state index contributed by atoms with van der Waals surface area (Å²) in [5.41, 5.74) is 2.32. The van der Waals surface area contributed by atoms with Gasteiger partial charge < -0.3 is 20.1 Å². The largest absolute Gasteiger partial charge is 0.396 e. The molecule has 21 heavy (non-hydrogen) atoms. The number of nitrogens with one attached hydrogen (secondary N) is 1. The van der Waals surface area contributed by atoms with Crippen LogP contribution in [0, 0.1) is 5.92 Å². The molecule has 4 nitrogen and oxygen atoms in total. The minimum Gasteiger partial charge on any atom is -0.396 e. The summed E-state index contributed by atoms with van der Waals surface area (Å²) in [5.74, 6) is 0.351. The number of ether oxygens (including phenoxy) is 1. The van der Waals surface area contributed by atoms with Gasteiger partial charge in [0.05, 0.1) is 17.3 Å². The quantitative estimate of drug-likeness (QED) is 0.758. The minimum atomic E-state index is 0.252. The van der Waals surface area contributed by atoms with Gasteiger partial charge in [0.25, 0.3) is 0 Å². The van der Waals surface area contributed by atoms with E-state index in [-0.39, 0.29) is 6.61 Å². The van der Waals surface area contributed by atoms with Crippen LogP contribution in [-0.2, 0) is 11.3 Å². The number of para-hydroxylation sites is 1. The average Bonchev–Trinajstić information content (AvgIpc) is 2.51. The summed E-state index contributed by atoms with van der Waals surface area (Å²) in [4.78, 5) is 2.32. The van der Waals surface area contributed by atoms with E-state index in [1.54, 1.807) is 7.11 Å². The van der Waals surface area contributed by atoms with Gasteiger partial charge in [-0.15, -0.1) is 0 Å². The molecule has 1 unspecified atom stereocenters. The molecule has 1 aromatic carbocycles. The van der Waals surface area contributed by atoms with Crippen LogP contribution in [0.1, 0.15) is 18.4 Å². The summed E-state index contributed by atoms with van der Waals surface area (Å²) < 4.78 is 5.05. The summed E-state index contributed by atoms with van der Waals surface area (Å²) in [7, 11) is 1.70. The second-order valence-corrected chi connectivity index (χ2v) is 5.96. The van der Waals surface area contributed by atoms with Gasteiger partial charge in [0, 0.05) is 39.9 Å². The molecular weight excluding hydrogens is 288 g/mol. The Morgan fingerprint density at radius 2 is 2.33 bits per heavy atom. The first-order chi connectivity index (χ1) is 10.3. The molecule has 5 heteroatoms. The van der Waals surface area contributed by atoms with Crippen molar-refractivity contribution >= 4 is 17.3 Å². The van der Waals surface area contributed by atoms with Crippen molar-refractivity contribution in [1.29, 1.82) is 0 Å². The van der Waals surface area contributed by atoms with Gasteiger partial charge in [-0.05, 0) is 30.4 Å². The van der Waals surface area contributed by atoms with Gasteiger partial charge in [-0.3, -0.25) is 0 Å². The lowest BCUT2D eigenvalue weighted by Crippen LogP contribution is -2.37. The number of hydrogen-bond donors (Lipinski definition) is 2. The Morgan fingerprint density at radius 3 is 3.10 bits per heavy atom. The fourth-order valence-corrected chi connectivity index (χ4v) is 3.18. The predicted octanol–water partition coefficient (Wildman–Crippen LogP) is 2.28. The molecule has 0 radical (unpaired) electrons. The first kappa shape index (κ1) is 16.6. The molecule has 118 valence electrons. The maximum absolute atomic E-state index is 9.41. The lowest BCUT2D eigenvalue weighted by molar-refractivity contribution is 0.199. The molecule has 0 saturated carbocycles. The van der Waals surface area contributed by atoms with Crippen molar-refractivity contribution in [2.24, 2.45) is 5.92 Å². The monoisotopic (exact) mass is 312 g/mol. The third kappa shape index (κ3) is 4.58. The third-order valence-electron chi connectivity index (χ3n) is 3.96. The van der Waals surface area contributed by atoms with Crippen molar-refractivity contribution in [3.05, 3.63) is 28.8 Å². The van der Waals surface area contributed by atoms with Crippen LogP contribution < -0.4 is 10.2 Å². The molecule has 0 aromatic heterocycles. The molecule has 1 aromatic rings. The van der Waals surface area contributed by atoms with E-state index in [4.69, 9.17) is 16.3 Å². The predicted molar refractivity (Wildman–Crippen MR) is 87.1 cm³/mol. The zero-order valence-electron chi connectivity index (χ0n) is 12.6. The van der Waals surface area contributed by atoms with Gasteiger partial charge in [0.2, 0.25) is 0 Å². The molecule has 2 rings (SSSR count). The number of aliphatic hydroxyl groups is 1. The van der Waals surface area contributed by atoms with Gasteiger partial charge in [0.1, 0.15) is 0 Å². The topological polar surface area (TPSA) is 44.7 Å². The number of aliphatic hydroxyl groups excluding tert-OH is 1. The molecule has 2 N–H and O–H groups in total. The zero-order valence-corrected chi connectivity index (χ0v) is 13.4. The number of piperidine rings is 1. The molecule has 1 heterocycles. The van der Waals surface area contributed by atoms with Gasteiger partial charge in [-0.25, -0.2) is 0 Å². The highest BCUT2D eigenvalue weighted by Crippen LogP contribution is 2.33. The number of halogens is 1. The Balaban J connectivity index is 2.09. The van der Waals surface area contributed by atoms with Crippen LogP contribution in [-0.4, -0.2) is 45.1 Å². The summed E-state index contributed by atoms with van der Waals surface area (Å²) in [6.45, 7) is 4.44. The van der Waals surface area contributed by atoms with Crippen molar-refractivity contribution < 1.29 is 9.84 Å². The van der Waals surface area contributed by atoms with Crippen molar-refractivity contribution in [2.45, 2.75) is 19.4 Å². The van der Waals surface area contributed by atoms with E-state index in [2.05, 4.69) is 16.3 Å². The smallest absolute Gasteiger partial charge is 0.0642 e. The van der Waals surface area contributed by atoms with Crippen molar-refractivity contribution in [3.8, 4) is 0 Å². The van der Waals surface area contributed by atoms with Crippen LogP contribution in [0.2, 0.25) is 5.02 Å².